The van der Waals surface area contributed by atoms with Crippen LogP contribution in [0, 0.1) is 0 Å². The molecule has 1 aromatic rings. The molecule has 3 rings (SSSR count). The van der Waals surface area contributed by atoms with Gasteiger partial charge in [-0.25, -0.2) is 9.59 Å². The van der Waals surface area contributed by atoms with Crippen LogP contribution in [-0.2, 0) is 19.1 Å². The first-order chi connectivity index (χ1) is 13.3. The Morgan fingerprint density at radius 2 is 1.64 bits per heavy atom. The topological polar surface area (TPSA) is 104 Å². The maximum Gasteiger partial charge on any atom is 0.414 e. The standard InChI is InChI=1S/C18H25NO2S.C2H2O4/c1-3-17(22-16-7-5-4-6-8-16)18(20)21-15-11-13-9-10-14(12-15)19(13)2;3-1(4)2(5)6/h4-8,13-15,17H,3,9-12H2,1-2H3;(H,3,4)(H,5,6). The monoisotopic (exact) mass is 409 g/mol. The van der Waals surface area contributed by atoms with Gasteiger partial charge in [0.25, 0.3) is 0 Å². The highest BCUT2D eigenvalue weighted by atomic mass is 32.2. The lowest BCUT2D eigenvalue weighted by Crippen LogP contribution is -2.44. The van der Waals surface area contributed by atoms with Crippen LogP contribution in [-0.4, -0.2) is 63.5 Å². The summed E-state index contributed by atoms with van der Waals surface area (Å²) in [5.74, 6) is -3.68. The number of carbonyl (C=O) groups excluding carboxylic acids is 1. The summed E-state index contributed by atoms with van der Waals surface area (Å²) in [7, 11) is 2.21. The van der Waals surface area contributed by atoms with Crippen molar-refractivity contribution in [2.24, 2.45) is 0 Å². The number of aliphatic carboxylic acids is 2. The summed E-state index contributed by atoms with van der Waals surface area (Å²) in [5, 5.41) is 14.7. The van der Waals surface area contributed by atoms with Gasteiger partial charge < -0.3 is 19.8 Å². The summed E-state index contributed by atoms with van der Waals surface area (Å²) in [6, 6.07) is 11.3. The molecule has 0 spiro atoms. The van der Waals surface area contributed by atoms with E-state index in [2.05, 4.69) is 31.0 Å². The number of thioether (sulfide) groups is 1. The second-order valence-corrected chi connectivity index (χ2v) is 8.30. The summed E-state index contributed by atoms with van der Waals surface area (Å²) in [5.41, 5.74) is 0. The zero-order valence-electron chi connectivity index (χ0n) is 16.1. The Bertz CT molecular complexity index is 657. The lowest BCUT2D eigenvalue weighted by atomic mass is 10.0. The third kappa shape index (κ3) is 6.24. The molecule has 3 atom stereocenters. The van der Waals surface area contributed by atoms with Crippen molar-refractivity contribution in [1.82, 2.24) is 4.90 Å². The van der Waals surface area contributed by atoms with E-state index in [-0.39, 0.29) is 17.3 Å². The average Bonchev–Trinajstić information content (AvgIpc) is 2.88. The summed E-state index contributed by atoms with van der Waals surface area (Å²) >= 11 is 1.62. The number of hydrogen-bond acceptors (Lipinski definition) is 6. The second kappa shape index (κ2) is 10.5. The number of fused-ring (bicyclic) bond motifs is 2. The fourth-order valence-electron chi connectivity index (χ4n) is 3.66. The van der Waals surface area contributed by atoms with Crippen molar-refractivity contribution in [2.45, 2.75) is 67.4 Å². The van der Waals surface area contributed by atoms with Crippen molar-refractivity contribution in [3.8, 4) is 0 Å². The van der Waals surface area contributed by atoms with Crippen LogP contribution in [0.5, 0.6) is 0 Å². The van der Waals surface area contributed by atoms with Crippen LogP contribution in [0.2, 0.25) is 0 Å². The van der Waals surface area contributed by atoms with E-state index in [1.165, 1.54) is 12.8 Å². The van der Waals surface area contributed by atoms with E-state index in [4.69, 9.17) is 24.5 Å². The Hall–Kier alpha value is -2.06. The SMILES string of the molecule is CCC(Sc1ccccc1)C(=O)OC1CC2CCC(C1)N2C.O=C(O)C(=O)O. The molecule has 0 saturated carbocycles. The van der Waals surface area contributed by atoms with E-state index in [9.17, 15) is 4.79 Å². The minimum Gasteiger partial charge on any atom is -0.473 e. The van der Waals surface area contributed by atoms with E-state index >= 15 is 0 Å². The van der Waals surface area contributed by atoms with Crippen LogP contribution in [0.1, 0.15) is 39.0 Å². The molecule has 7 nitrogen and oxygen atoms in total. The summed E-state index contributed by atoms with van der Waals surface area (Å²) in [4.78, 5) is 34.3. The molecule has 2 heterocycles. The molecule has 0 radical (unpaired) electrons. The lowest BCUT2D eigenvalue weighted by molar-refractivity contribution is -0.159. The molecule has 1 aromatic carbocycles. The average molecular weight is 410 g/mol. The fraction of sp³-hybridized carbons (Fsp3) is 0.550. The molecule has 2 N–H and O–H groups in total. The molecule has 0 aliphatic carbocycles. The first kappa shape index (κ1) is 22.2. The Kier molecular flexibility index (Phi) is 8.32. The third-order valence-electron chi connectivity index (χ3n) is 5.18. The largest absolute Gasteiger partial charge is 0.473 e. The van der Waals surface area contributed by atoms with Gasteiger partial charge in [0.1, 0.15) is 11.4 Å². The lowest BCUT2D eigenvalue weighted by Gasteiger charge is -2.36. The van der Waals surface area contributed by atoms with Crippen LogP contribution < -0.4 is 0 Å². The number of hydrogen-bond donors (Lipinski definition) is 2. The quantitative estimate of drug-likeness (QED) is 0.435. The number of ether oxygens (including phenoxy) is 1. The molecule has 2 saturated heterocycles. The maximum atomic E-state index is 12.5. The number of carbonyl (C=O) groups is 3. The highest BCUT2D eigenvalue weighted by Gasteiger charge is 2.40. The zero-order chi connectivity index (χ0) is 20.7. The number of carboxylic acids is 2. The normalized spacial score (nSPS) is 24.6. The van der Waals surface area contributed by atoms with Crippen LogP contribution in [0.25, 0.3) is 0 Å². The van der Waals surface area contributed by atoms with Crippen molar-refractivity contribution in [3.63, 3.8) is 0 Å². The summed E-state index contributed by atoms with van der Waals surface area (Å²) in [6.45, 7) is 2.06. The molecule has 154 valence electrons. The fourth-order valence-corrected chi connectivity index (χ4v) is 4.62. The van der Waals surface area contributed by atoms with Crippen LogP contribution in [0.15, 0.2) is 35.2 Å². The van der Waals surface area contributed by atoms with E-state index in [1.807, 2.05) is 18.2 Å². The minimum absolute atomic E-state index is 0.0368. The van der Waals surface area contributed by atoms with E-state index in [1.54, 1.807) is 11.8 Å². The van der Waals surface area contributed by atoms with Crippen molar-refractivity contribution >= 4 is 29.7 Å². The number of benzene rings is 1. The minimum atomic E-state index is -1.82. The Morgan fingerprint density at radius 1 is 1.11 bits per heavy atom. The maximum absolute atomic E-state index is 12.5. The Labute approximate surface area is 169 Å². The molecular formula is C20H27NO6S. The molecule has 28 heavy (non-hydrogen) atoms. The smallest absolute Gasteiger partial charge is 0.414 e. The zero-order valence-corrected chi connectivity index (χ0v) is 16.9. The molecule has 8 heteroatoms. The number of carboxylic acid groups (broad SMARTS) is 2. The highest BCUT2D eigenvalue weighted by molar-refractivity contribution is 8.00. The van der Waals surface area contributed by atoms with Gasteiger partial charge in [-0.1, -0.05) is 25.1 Å². The molecule has 2 fully saturated rings. The summed E-state index contributed by atoms with van der Waals surface area (Å²) in [6.07, 6.45) is 5.44. The number of piperidine rings is 1. The van der Waals surface area contributed by atoms with Gasteiger partial charge in [0, 0.05) is 17.0 Å². The van der Waals surface area contributed by atoms with Gasteiger partial charge in [-0.3, -0.25) is 4.79 Å². The van der Waals surface area contributed by atoms with E-state index in [0.717, 1.165) is 24.2 Å². The number of nitrogens with zero attached hydrogens (tertiary/aromatic N) is 1. The first-order valence-electron chi connectivity index (χ1n) is 9.42. The van der Waals surface area contributed by atoms with Crippen LogP contribution in [0.4, 0.5) is 0 Å². The predicted octanol–water partition coefficient (Wildman–Crippen LogP) is 2.88. The molecular weight excluding hydrogens is 382 g/mol. The Morgan fingerprint density at radius 3 is 2.11 bits per heavy atom. The molecule has 2 aliphatic heterocycles. The van der Waals surface area contributed by atoms with Gasteiger partial charge in [-0.05, 0) is 51.3 Å². The van der Waals surface area contributed by atoms with Crippen molar-refractivity contribution < 1.29 is 29.3 Å². The van der Waals surface area contributed by atoms with Crippen molar-refractivity contribution in [1.29, 1.82) is 0 Å². The molecule has 3 unspecified atom stereocenters. The van der Waals surface area contributed by atoms with Gasteiger partial charge in [-0.15, -0.1) is 11.8 Å². The third-order valence-corrected chi connectivity index (χ3v) is 6.53. The highest BCUT2D eigenvalue weighted by Crippen LogP contribution is 2.36. The Balaban J connectivity index is 0.000000409. The van der Waals surface area contributed by atoms with Gasteiger partial charge in [0.05, 0.1) is 0 Å². The summed E-state index contributed by atoms with van der Waals surface area (Å²) < 4.78 is 5.86. The van der Waals surface area contributed by atoms with Gasteiger partial charge >= 0.3 is 17.9 Å². The number of rotatable bonds is 5. The predicted molar refractivity (Wildman–Crippen MR) is 105 cm³/mol. The number of esters is 1. The van der Waals surface area contributed by atoms with Crippen LogP contribution >= 0.6 is 11.8 Å². The van der Waals surface area contributed by atoms with E-state index < -0.39 is 11.9 Å². The molecule has 0 aromatic heterocycles. The van der Waals surface area contributed by atoms with Crippen molar-refractivity contribution in [3.05, 3.63) is 30.3 Å². The van der Waals surface area contributed by atoms with E-state index in [0.29, 0.717) is 12.1 Å². The van der Waals surface area contributed by atoms with Crippen molar-refractivity contribution in [2.75, 3.05) is 7.05 Å². The van der Waals surface area contributed by atoms with Gasteiger partial charge in [0.15, 0.2) is 0 Å². The van der Waals surface area contributed by atoms with Crippen LogP contribution in [0.3, 0.4) is 0 Å². The van der Waals surface area contributed by atoms with Gasteiger partial charge in [-0.2, -0.15) is 0 Å². The molecule has 0 amide bonds. The molecule has 2 bridgehead atoms. The molecule has 2 aliphatic rings. The first-order valence-corrected chi connectivity index (χ1v) is 10.3. The second-order valence-electron chi connectivity index (χ2n) is 7.02. The van der Waals surface area contributed by atoms with Gasteiger partial charge in [0.2, 0.25) is 0 Å².